The van der Waals surface area contributed by atoms with E-state index in [0.717, 1.165) is 0 Å². The number of hydrogen-bond acceptors (Lipinski definition) is 0. The summed E-state index contributed by atoms with van der Waals surface area (Å²) in [5.74, 6) is 0. The van der Waals surface area contributed by atoms with Crippen LogP contribution in [0, 0.1) is 0 Å². The normalized spacial score (nSPS) is 6.00. The largest absolute Gasteiger partial charge is 0.0683 e. The predicted octanol–water partition coefficient (Wildman–Crippen LogP) is 22.4. The van der Waals surface area contributed by atoms with Gasteiger partial charge in [0.2, 0.25) is 0 Å². The van der Waals surface area contributed by atoms with Crippen LogP contribution in [0.5, 0.6) is 0 Å². The summed E-state index contributed by atoms with van der Waals surface area (Å²) in [6.07, 6.45) is 0. The first-order valence-corrected chi connectivity index (χ1v) is 24.0. The number of hydrogen-bond donors (Lipinski definition) is 0. The van der Waals surface area contributed by atoms with Crippen LogP contribution in [0.3, 0.4) is 0 Å². The summed E-state index contributed by atoms with van der Waals surface area (Å²) >= 11 is 0. The second kappa shape index (κ2) is 157. The van der Waals surface area contributed by atoms with E-state index in [1.807, 2.05) is 385 Å². The van der Waals surface area contributed by atoms with Gasteiger partial charge >= 0.3 is 0 Å². The van der Waals surface area contributed by atoms with Gasteiger partial charge in [0.25, 0.3) is 0 Å². The Morgan fingerprint density at radius 2 is 0.0833 bits per heavy atom. The lowest BCUT2D eigenvalue weighted by atomic mass is 10.4. The molecule has 0 aromatic heterocycles. The Balaban J connectivity index is -0.0000000419. The highest BCUT2D eigenvalue weighted by molar-refractivity contribution is 5.02. The van der Waals surface area contributed by atoms with Gasteiger partial charge in [-0.15, -0.1) is 0 Å². The Hall–Kier alpha value is -4.68. The lowest BCUT2D eigenvalue weighted by Crippen LogP contribution is -1.47. The van der Waals surface area contributed by atoms with Crippen LogP contribution in [0.1, 0.15) is 166 Å². The molecule has 60 heavy (non-hydrogen) atoms. The second-order valence-electron chi connectivity index (χ2n) is 6.93. The number of benzene rings is 6. The second-order valence-corrected chi connectivity index (χ2v) is 6.93. The summed E-state index contributed by atoms with van der Waals surface area (Å²) in [6, 6.07) is 72.0. The maximum Gasteiger partial charge on any atom is -0.0623 e. The highest BCUT2D eigenvalue weighted by Gasteiger charge is 1.61. The van der Waals surface area contributed by atoms with Gasteiger partial charge in [-0.25, -0.2) is 0 Å². The van der Waals surface area contributed by atoms with Gasteiger partial charge in [-0.05, 0) is 0 Å². The van der Waals surface area contributed by atoms with E-state index in [9.17, 15) is 0 Å². The molecule has 0 spiro atoms. The molecule has 0 aliphatic carbocycles. The molecule has 0 fully saturated rings. The molecule has 348 valence electrons. The Morgan fingerprint density at radius 3 is 0.100 bits per heavy atom. The van der Waals surface area contributed by atoms with Gasteiger partial charge in [-0.2, -0.15) is 0 Å². The van der Waals surface area contributed by atoms with Crippen LogP contribution in [-0.2, 0) is 0 Å². The quantitative estimate of drug-likeness (QED) is 0.143. The van der Waals surface area contributed by atoms with E-state index >= 15 is 0 Å². The average molecular weight is 830 g/mol. The molecule has 0 bridgehead atoms. The zero-order chi connectivity index (χ0) is 49.5. The molecule has 0 heteroatoms. The Labute approximate surface area is 383 Å². The first kappa shape index (κ1) is 87.0. The molecule has 6 rings (SSSR count). The molecule has 0 saturated heterocycles. The Kier molecular flexibility index (Phi) is 228. The predicted molar refractivity (Wildman–Crippen MR) is 295 cm³/mol. The summed E-state index contributed by atoms with van der Waals surface area (Å²) in [5.41, 5.74) is 0. The topological polar surface area (TPSA) is 0 Å². The molecule has 0 radical (unpaired) electrons. The van der Waals surface area contributed by atoms with E-state index in [1.165, 1.54) is 0 Å². The van der Waals surface area contributed by atoms with Gasteiger partial charge in [0.05, 0.1) is 0 Å². The van der Waals surface area contributed by atoms with Crippen molar-refractivity contribution < 1.29 is 0 Å². The zero-order valence-electron chi connectivity index (χ0n) is 44.8. The molecule has 0 heterocycles. The van der Waals surface area contributed by atoms with Gasteiger partial charge < -0.3 is 0 Å². The van der Waals surface area contributed by atoms with Crippen LogP contribution >= 0.6 is 0 Å². The van der Waals surface area contributed by atoms with Crippen LogP contribution in [0.4, 0.5) is 0 Å². The summed E-state index contributed by atoms with van der Waals surface area (Å²) in [6.45, 7) is 48.0. The lowest BCUT2D eigenvalue weighted by molar-refractivity contribution is 1.50. The summed E-state index contributed by atoms with van der Waals surface area (Å²) in [7, 11) is 0. The Morgan fingerprint density at radius 1 is 0.0667 bits per heavy atom. The van der Waals surface area contributed by atoms with E-state index in [2.05, 4.69) is 0 Å². The molecule has 0 N–H and O–H groups in total. The molecule has 0 saturated carbocycles. The van der Waals surface area contributed by atoms with Crippen molar-refractivity contribution >= 4 is 0 Å². The molecular formula is C60H108. The average Bonchev–Trinajstić information content (AvgIpc) is 3.45. The van der Waals surface area contributed by atoms with Crippen molar-refractivity contribution in [3.8, 4) is 0 Å². The van der Waals surface area contributed by atoms with Gasteiger partial charge in [-0.3, -0.25) is 0 Å². The van der Waals surface area contributed by atoms with Crippen molar-refractivity contribution in [3.05, 3.63) is 218 Å². The van der Waals surface area contributed by atoms with Crippen LogP contribution < -0.4 is 0 Å². The Bertz CT molecular complexity index is 676. The summed E-state index contributed by atoms with van der Waals surface area (Å²) < 4.78 is 0. The third kappa shape index (κ3) is 149. The summed E-state index contributed by atoms with van der Waals surface area (Å²) in [5, 5.41) is 0. The minimum atomic E-state index is 2.00. The monoisotopic (exact) mass is 829 g/mol. The van der Waals surface area contributed by atoms with Crippen molar-refractivity contribution in [2.45, 2.75) is 166 Å². The summed E-state index contributed by atoms with van der Waals surface area (Å²) in [4.78, 5) is 0. The molecule has 0 amide bonds. The van der Waals surface area contributed by atoms with Gasteiger partial charge in [0, 0.05) is 0 Å². The van der Waals surface area contributed by atoms with Gasteiger partial charge in [0.15, 0.2) is 0 Å². The molecule has 0 unspecified atom stereocenters. The maximum atomic E-state index is 2.00. The highest BCUT2D eigenvalue weighted by atomic mass is 13.7. The fraction of sp³-hybridized carbons (Fsp3) is 0.400. The van der Waals surface area contributed by atoms with E-state index in [4.69, 9.17) is 0 Å². The third-order valence-electron chi connectivity index (χ3n) is 4.00. The van der Waals surface area contributed by atoms with E-state index in [0.29, 0.717) is 0 Å². The SMILES string of the molecule is CC.CC.CC.CC.CC.CC.CC.CC.CC.CC.CC.CC.c1ccccc1.c1ccccc1.c1ccccc1.c1ccccc1.c1ccccc1.c1ccccc1. The minimum absolute atomic E-state index is 2.00. The highest BCUT2D eigenvalue weighted by Crippen LogP contribution is 1.83. The van der Waals surface area contributed by atoms with Crippen molar-refractivity contribution in [3.63, 3.8) is 0 Å². The van der Waals surface area contributed by atoms with Crippen molar-refractivity contribution in [1.82, 2.24) is 0 Å². The third-order valence-corrected chi connectivity index (χ3v) is 4.00. The van der Waals surface area contributed by atoms with Crippen molar-refractivity contribution in [2.24, 2.45) is 0 Å². The van der Waals surface area contributed by atoms with Crippen LogP contribution in [0.2, 0.25) is 0 Å². The first-order valence-electron chi connectivity index (χ1n) is 24.0. The molecule has 6 aromatic carbocycles. The number of rotatable bonds is 0. The molecule has 0 aliphatic heterocycles. The maximum absolute atomic E-state index is 2.00. The minimum Gasteiger partial charge on any atom is -0.0683 e. The standard InChI is InChI=1S/6C6H6.12C2H6/c6*1-2-4-6-5-3-1;12*1-2/h6*1-6H;12*1-2H3. The van der Waals surface area contributed by atoms with Gasteiger partial charge in [-0.1, -0.05) is 385 Å². The van der Waals surface area contributed by atoms with Crippen molar-refractivity contribution in [2.75, 3.05) is 0 Å². The fourth-order valence-corrected chi connectivity index (χ4v) is 2.31. The first-order chi connectivity index (χ1) is 30.0. The molecule has 0 atom stereocenters. The molecular weight excluding hydrogens is 721 g/mol. The van der Waals surface area contributed by atoms with E-state index < -0.39 is 0 Å². The van der Waals surface area contributed by atoms with Crippen LogP contribution in [0.25, 0.3) is 0 Å². The molecule has 0 aliphatic rings. The fourth-order valence-electron chi connectivity index (χ4n) is 2.31. The van der Waals surface area contributed by atoms with Crippen LogP contribution in [0.15, 0.2) is 218 Å². The van der Waals surface area contributed by atoms with Gasteiger partial charge in [0.1, 0.15) is 0 Å². The van der Waals surface area contributed by atoms with E-state index in [-0.39, 0.29) is 0 Å². The zero-order valence-corrected chi connectivity index (χ0v) is 44.8. The lowest BCUT2D eigenvalue weighted by Gasteiger charge is -1.69. The molecule has 6 aromatic rings. The van der Waals surface area contributed by atoms with E-state index in [1.54, 1.807) is 0 Å². The van der Waals surface area contributed by atoms with Crippen LogP contribution in [-0.4, -0.2) is 0 Å². The molecule has 0 nitrogen and oxygen atoms in total. The van der Waals surface area contributed by atoms with Crippen molar-refractivity contribution in [1.29, 1.82) is 0 Å². The smallest absolute Gasteiger partial charge is 0.0623 e.